The van der Waals surface area contributed by atoms with Crippen LogP contribution in [0.3, 0.4) is 0 Å². The zero-order valence-corrected chi connectivity index (χ0v) is 28.0. The van der Waals surface area contributed by atoms with Crippen LogP contribution in [0.5, 0.6) is 11.5 Å². The van der Waals surface area contributed by atoms with Crippen molar-refractivity contribution < 1.29 is 23.5 Å². The van der Waals surface area contributed by atoms with Crippen LogP contribution < -0.4 is 14.8 Å². The summed E-state index contributed by atoms with van der Waals surface area (Å²) in [4.78, 5) is 27.8. The lowest BCUT2D eigenvalue weighted by Crippen LogP contribution is -2.28. The number of aromatic nitrogens is 3. The predicted molar refractivity (Wildman–Crippen MR) is 183 cm³/mol. The summed E-state index contributed by atoms with van der Waals surface area (Å²) in [5, 5.41) is 20.5. The molecule has 13 heteroatoms. The monoisotopic (exact) mass is 684 g/mol. The van der Waals surface area contributed by atoms with Gasteiger partial charge < -0.3 is 19.4 Å². The van der Waals surface area contributed by atoms with E-state index in [1.807, 2.05) is 52.4 Å². The maximum absolute atomic E-state index is 13.7. The smallest absolute Gasteiger partial charge is 0.253 e. The normalized spacial score (nSPS) is 14.1. The molecule has 6 rings (SSSR count). The number of hydrogen-bond acceptors (Lipinski definition) is 9. The van der Waals surface area contributed by atoms with E-state index in [2.05, 4.69) is 15.5 Å². The first-order chi connectivity index (χ1) is 23.4. The van der Waals surface area contributed by atoms with Crippen LogP contribution in [0.15, 0.2) is 101 Å². The van der Waals surface area contributed by atoms with E-state index in [1.165, 1.54) is 43.1 Å². The Balaban J connectivity index is 1.19. The lowest BCUT2D eigenvalue weighted by molar-refractivity contribution is -0.130. The van der Waals surface area contributed by atoms with Gasteiger partial charge in [-0.25, -0.2) is 9.40 Å². The summed E-state index contributed by atoms with van der Waals surface area (Å²) >= 11 is 2.83. The number of carbonyl (C=O) groups is 2. The zero-order valence-electron chi connectivity index (χ0n) is 26.3. The van der Waals surface area contributed by atoms with Crippen molar-refractivity contribution in [1.29, 1.82) is 0 Å². The van der Waals surface area contributed by atoms with E-state index < -0.39 is 0 Å². The summed E-state index contributed by atoms with van der Waals surface area (Å²) in [5.74, 6) is 0.733. The predicted octanol–water partition coefficient (Wildman–Crippen LogP) is 6.14. The highest BCUT2D eigenvalue weighted by Gasteiger charge is 2.33. The lowest BCUT2D eigenvalue weighted by Gasteiger charge is -2.22. The molecule has 0 bridgehead atoms. The van der Waals surface area contributed by atoms with Crippen molar-refractivity contribution in [3.8, 4) is 11.5 Å². The van der Waals surface area contributed by atoms with Crippen LogP contribution >= 0.6 is 23.1 Å². The largest absolute Gasteiger partial charge is 0.493 e. The number of carbonyl (C=O) groups excluding carboxylic acids is 2. The molecule has 1 aliphatic heterocycles. The quantitative estimate of drug-likeness (QED) is 0.148. The standard InChI is InChI=1S/C35H33FN6O4S2/c1-45-29-15-12-25(19-30(29)46-2)34(44)37-21-32-38-39-35(41(32)17-16-23-7-4-3-5-8-23)48-22-33(43)42-28(24-10-13-26(36)14-11-24)20-27(40-42)31-9-6-18-47-31/h3-15,18-19,28H,16-17,20-22H2,1-2H3,(H,37,44)/t28-/m0/s1. The fraction of sp³-hybridized carbons (Fsp3) is 0.229. The van der Waals surface area contributed by atoms with Crippen LogP contribution in [0.25, 0.3) is 0 Å². The second kappa shape index (κ2) is 15.3. The van der Waals surface area contributed by atoms with Crippen molar-refractivity contribution in [2.75, 3.05) is 20.0 Å². The molecule has 48 heavy (non-hydrogen) atoms. The number of hydrazone groups is 1. The van der Waals surface area contributed by atoms with Gasteiger partial charge in [-0.15, -0.1) is 21.5 Å². The second-order valence-electron chi connectivity index (χ2n) is 10.9. The van der Waals surface area contributed by atoms with Crippen molar-refractivity contribution in [1.82, 2.24) is 25.1 Å². The number of methoxy groups -OCH3 is 2. The molecule has 0 spiro atoms. The number of rotatable bonds is 13. The van der Waals surface area contributed by atoms with Crippen molar-refractivity contribution in [3.05, 3.63) is 124 Å². The number of thioether (sulfide) groups is 1. The van der Waals surface area contributed by atoms with Crippen LogP contribution in [-0.2, 0) is 24.3 Å². The first-order valence-electron chi connectivity index (χ1n) is 15.2. The second-order valence-corrected chi connectivity index (χ2v) is 12.8. The fourth-order valence-corrected chi connectivity index (χ4v) is 6.93. The third-order valence-corrected chi connectivity index (χ3v) is 9.73. The lowest BCUT2D eigenvalue weighted by atomic mass is 10.0. The van der Waals surface area contributed by atoms with Crippen LogP contribution in [0.2, 0.25) is 0 Å². The molecule has 1 atom stereocenters. The van der Waals surface area contributed by atoms with Gasteiger partial charge in [-0.05, 0) is 59.3 Å². The average molecular weight is 685 g/mol. The van der Waals surface area contributed by atoms with Crippen LogP contribution in [0.4, 0.5) is 4.39 Å². The maximum atomic E-state index is 13.7. The summed E-state index contributed by atoms with van der Waals surface area (Å²) < 4.78 is 26.3. The van der Waals surface area contributed by atoms with Gasteiger partial charge in [0.15, 0.2) is 22.5 Å². The molecule has 5 aromatic rings. The molecule has 0 saturated carbocycles. The number of nitrogens with zero attached hydrogens (tertiary/aromatic N) is 5. The van der Waals surface area contributed by atoms with Gasteiger partial charge in [-0.2, -0.15) is 5.10 Å². The molecule has 0 saturated heterocycles. The highest BCUT2D eigenvalue weighted by atomic mass is 32.2. The molecular weight excluding hydrogens is 652 g/mol. The maximum Gasteiger partial charge on any atom is 0.253 e. The van der Waals surface area contributed by atoms with Gasteiger partial charge in [0.1, 0.15) is 5.82 Å². The van der Waals surface area contributed by atoms with Crippen LogP contribution in [0, 0.1) is 5.82 Å². The highest BCUT2D eigenvalue weighted by molar-refractivity contribution is 7.99. The average Bonchev–Trinajstić information content (AvgIpc) is 3.90. The molecule has 1 N–H and O–H groups in total. The van der Waals surface area contributed by atoms with Gasteiger partial charge >= 0.3 is 0 Å². The minimum atomic E-state index is -0.353. The number of thiophene rings is 1. The van der Waals surface area contributed by atoms with Crippen molar-refractivity contribution in [2.45, 2.75) is 37.1 Å². The summed E-state index contributed by atoms with van der Waals surface area (Å²) in [7, 11) is 3.05. The molecule has 0 unspecified atom stereocenters. The third kappa shape index (κ3) is 7.58. The number of aryl methyl sites for hydroxylation is 1. The van der Waals surface area contributed by atoms with E-state index in [0.717, 1.165) is 21.7 Å². The number of amides is 2. The number of hydrogen-bond donors (Lipinski definition) is 1. The van der Waals surface area contributed by atoms with Crippen molar-refractivity contribution in [2.24, 2.45) is 5.10 Å². The molecule has 2 aromatic heterocycles. The first kappa shape index (κ1) is 32.9. The van der Waals surface area contributed by atoms with E-state index in [1.54, 1.807) is 41.7 Å². The molecule has 3 heterocycles. The summed E-state index contributed by atoms with van der Waals surface area (Å²) in [6.07, 6.45) is 1.23. The molecule has 0 radical (unpaired) electrons. The zero-order chi connectivity index (χ0) is 33.5. The Hall–Kier alpha value is -5.01. The SMILES string of the molecule is COc1ccc(C(=O)NCc2nnc(SCC(=O)N3N=C(c4cccs4)C[C@H]3c3ccc(F)cc3)n2CCc2ccccc2)cc1OC. The van der Waals surface area contributed by atoms with E-state index in [9.17, 15) is 14.0 Å². The molecule has 0 fully saturated rings. The van der Waals surface area contributed by atoms with Crippen LogP contribution in [0.1, 0.15) is 44.6 Å². The molecule has 2 amide bonds. The highest BCUT2D eigenvalue weighted by Crippen LogP contribution is 2.35. The Morgan fingerprint density at radius 3 is 2.50 bits per heavy atom. The molecule has 246 valence electrons. The summed E-state index contributed by atoms with van der Waals surface area (Å²) in [6, 6.07) is 24.8. The third-order valence-electron chi connectivity index (χ3n) is 7.86. The van der Waals surface area contributed by atoms with Gasteiger partial charge in [-0.1, -0.05) is 60.3 Å². The molecule has 0 aliphatic carbocycles. The Bertz CT molecular complexity index is 1900. The molecule has 1 aliphatic rings. The fourth-order valence-electron chi connectivity index (χ4n) is 5.37. The van der Waals surface area contributed by atoms with Gasteiger partial charge in [0.25, 0.3) is 11.8 Å². The van der Waals surface area contributed by atoms with Crippen molar-refractivity contribution >= 4 is 40.6 Å². The summed E-state index contributed by atoms with van der Waals surface area (Å²) in [6.45, 7) is 0.661. The number of benzene rings is 3. The van der Waals surface area contributed by atoms with Gasteiger partial charge in [0.2, 0.25) is 0 Å². The Kier molecular flexibility index (Phi) is 10.5. The Labute approximate surface area is 285 Å². The molecular formula is C35H33FN6O4S2. The summed E-state index contributed by atoms with van der Waals surface area (Å²) in [5.41, 5.74) is 3.17. The van der Waals surface area contributed by atoms with E-state index >= 15 is 0 Å². The minimum absolute atomic E-state index is 0.0559. The number of nitrogens with one attached hydrogen (secondary N) is 1. The van der Waals surface area contributed by atoms with E-state index in [4.69, 9.17) is 14.6 Å². The first-order valence-corrected chi connectivity index (χ1v) is 17.1. The van der Waals surface area contributed by atoms with E-state index in [0.29, 0.717) is 47.4 Å². The Morgan fingerprint density at radius 2 is 1.77 bits per heavy atom. The van der Waals surface area contributed by atoms with Crippen molar-refractivity contribution in [3.63, 3.8) is 0 Å². The van der Waals surface area contributed by atoms with Crippen LogP contribution in [-0.4, -0.2) is 57.3 Å². The van der Waals surface area contributed by atoms with Gasteiger partial charge in [0.05, 0.1) is 43.1 Å². The van der Waals surface area contributed by atoms with Gasteiger partial charge in [-0.3, -0.25) is 9.59 Å². The number of ether oxygens (including phenoxy) is 2. The topological polar surface area (TPSA) is 111 Å². The number of halogens is 1. The van der Waals surface area contributed by atoms with Gasteiger partial charge in [0, 0.05) is 18.5 Å². The van der Waals surface area contributed by atoms with E-state index in [-0.39, 0.29) is 36.0 Å². The Morgan fingerprint density at radius 1 is 0.979 bits per heavy atom. The minimum Gasteiger partial charge on any atom is -0.493 e. The molecule has 3 aromatic carbocycles. The molecule has 10 nitrogen and oxygen atoms in total.